The van der Waals surface area contributed by atoms with Crippen molar-refractivity contribution in [3.8, 4) is 0 Å². The van der Waals surface area contributed by atoms with E-state index >= 15 is 0 Å². The number of hydrogen-bond donors (Lipinski definition) is 2. The fourth-order valence-electron chi connectivity index (χ4n) is 0.787. The Morgan fingerprint density at radius 1 is 1.77 bits per heavy atom. The van der Waals surface area contributed by atoms with Gasteiger partial charge in [-0.2, -0.15) is 0 Å². The Balaban J connectivity index is 0. The summed E-state index contributed by atoms with van der Waals surface area (Å²) in [7, 11) is 0. The van der Waals surface area contributed by atoms with E-state index in [0.29, 0.717) is 6.29 Å². The molecule has 0 amide bonds. The van der Waals surface area contributed by atoms with Gasteiger partial charge in [0.25, 0.3) is 0 Å². The molecule has 0 spiro atoms. The van der Waals surface area contributed by atoms with Crippen LogP contribution in [0.5, 0.6) is 0 Å². The minimum Gasteiger partial charge on any atom is -1.00 e. The molecule has 0 radical (unpaired) electrons. The number of nitrogens with one attached hydrogen (secondary N) is 1. The van der Waals surface area contributed by atoms with E-state index in [1.54, 1.807) is 0 Å². The Morgan fingerprint density at radius 2 is 2.38 bits per heavy atom. The fraction of sp³-hybridized carbons (Fsp3) is 0.143. The van der Waals surface area contributed by atoms with Crippen molar-refractivity contribution in [2.24, 2.45) is 0 Å². The first kappa shape index (κ1) is 13.0. The summed E-state index contributed by atoms with van der Waals surface area (Å²) in [5, 5.41) is 8.24. The second-order valence-corrected chi connectivity index (χ2v) is 2.21. The third-order valence-electron chi connectivity index (χ3n) is 1.36. The van der Waals surface area contributed by atoms with Gasteiger partial charge in [-0.3, -0.25) is 4.79 Å². The molecule has 6 heteroatoms. The zero-order chi connectivity index (χ0) is 9.14. The van der Waals surface area contributed by atoms with Crippen LogP contribution in [-0.4, -0.2) is 22.3 Å². The van der Waals surface area contributed by atoms with Gasteiger partial charge in [-0.05, 0) is 6.07 Å². The van der Waals surface area contributed by atoms with Gasteiger partial charge in [0.15, 0.2) is 6.29 Å². The summed E-state index contributed by atoms with van der Waals surface area (Å²) in [5.74, 6) is -1.56. The number of carboxylic acids is 1. The van der Waals surface area contributed by atoms with E-state index in [1.807, 2.05) is 0 Å². The first-order valence-electron chi connectivity index (χ1n) is 3.15. The largest absolute Gasteiger partial charge is 1.00 e. The van der Waals surface area contributed by atoms with E-state index in [4.69, 9.17) is 5.11 Å². The monoisotopic (exact) mass is 211 g/mol. The quantitative estimate of drug-likeness (QED) is 0.450. The zero-order valence-corrected chi connectivity index (χ0v) is 10.1. The van der Waals surface area contributed by atoms with Gasteiger partial charge < -0.3 is 11.5 Å². The summed E-state index contributed by atoms with van der Waals surface area (Å²) in [6.07, 6.45) is -0.435. The number of aromatic nitrogens is 1. The number of H-pyrrole nitrogens is 1. The van der Waals surface area contributed by atoms with Crippen molar-refractivity contribution < 1.29 is 71.9 Å². The maximum absolute atomic E-state index is 12.7. The van der Waals surface area contributed by atoms with Crippen molar-refractivity contribution in [2.75, 3.05) is 0 Å². The maximum atomic E-state index is 12.7. The van der Waals surface area contributed by atoms with Gasteiger partial charge in [0.2, 0.25) is 6.17 Å². The number of aromatic amines is 1. The van der Waals surface area contributed by atoms with E-state index in [-0.39, 0.29) is 64.1 Å². The van der Waals surface area contributed by atoms with E-state index in [9.17, 15) is 14.0 Å². The van der Waals surface area contributed by atoms with Crippen LogP contribution in [0.15, 0.2) is 12.3 Å². The van der Waals surface area contributed by atoms with E-state index < -0.39 is 12.1 Å². The molecule has 2 N–H and O–H groups in total. The summed E-state index contributed by atoms with van der Waals surface area (Å²) in [5.41, 5.74) is 0.110. The molecule has 0 saturated heterocycles. The van der Waals surface area contributed by atoms with Gasteiger partial charge in [-0.15, -0.1) is 0 Å². The Labute approximate surface area is 117 Å². The minimum absolute atomic E-state index is 0. The Bertz CT molecular complexity index is 318. The molecule has 0 bridgehead atoms. The normalized spacial score (nSPS) is 11.5. The van der Waals surface area contributed by atoms with Gasteiger partial charge in [0.05, 0.1) is 5.69 Å². The van der Waals surface area contributed by atoms with Crippen LogP contribution in [-0.2, 0) is 4.79 Å². The van der Waals surface area contributed by atoms with Crippen molar-refractivity contribution in [3.05, 3.63) is 23.5 Å². The summed E-state index contributed by atoms with van der Waals surface area (Å²) in [6.45, 7) is 0. The SMILES string of the molecule is O=Cc1cc(C(F)C(=O)O)c[nH]1.[H-].[K+]. The molecule has 4 nitrogen and oxygen atoms in total. The van der Waals surface area contributed by atoms with E-state index in [0.717, 1.165) is 12.3 Å². The number of carbonyl (C=O) groups excluding carboxylic acids is 1. The second kappa shape index (κ2) is 5.66. The van der Waals surface area contributed by atoms with Crippen molar-refractivity contribution in [1.82, 2.24) is 4.98 Å². The average Bonchev–Trinajstić information content (AvgIpc) is 2.50. The third-order valence-corrected chi connectivity index (χ3v) is 1.36. The topological polar surface area (TPSA) is 70.2 Å². The van der Waals surface area contributed by atoms with Crippen LogP contribution >= 0.6 is 0 Å². The van der Waals surface area contributed by atoms with Crippen LogP contribution in [0.1, 0.15) is 23.7 Å². The number of halogens is 1. The Hall–Kier alpha value is -0.0136. The van der Waals surface area contributed by atoms with Crippen LogP contribution in [0.4, 0.5) is 4.39 Å². The van der Waals surface area contributed by atoms with Gasteiger partial charge in [0, 0.05) is 11.8 Å². The van der Waals surface area contributed by atoms with E-state index in [1.165, 1.54) is 0 Å². The molecule has 1 aromatic heterocycles. The molecule has 1 rings (SSSR count). The van der Waals surface area contributed by atoms with Crippen LogP contribution < -0.4 is 51.4 Å². The summed E-state index contributed by atoms with van der Waals surface area (Å²) >= 11 is 0. The number of aliphatic carboxylic acids is 1. The molecule has 0 aliphatic heterocycles. The van der Waals surface area contributed by atoms with Crippen LogP contribution in [0.2, 0.25) is 0 Å². The molecule has 0 aromatic carbocycles. The summed E-state index contributed by atoms with van der Waals surface area (Å²) < 4.78 is 12.7. The van der Waals surface area contributed by atoms with Crippen molar-refractivity contribution in [2.45, 2.75) is 6.17 Å². The third kappa shape index (κ3) is 3.32. The van der Waals surface area contributed by atoms with Gasteiger partial charge >= 0.3 is 57.4 Å². The number of hydrogen-bond acceptors (Lipinski definition) is 2. The summed E-state index contributed by atoms with van der Waals surface area (Å²) in [6, 6.07) is 1.16. The first-order valence-corrected chi connectivity index (χ1v) is 3.15. The fourth-order valence-corrected chi connectivity index (χ4v) is 0.787. The molecular formula is C7H7FKNO3. The average molecular weight is 211 g/mol. The van der Waals surface area contributed by atoms with Gasteiger partial charge in [-0.1, -0.05) is 0 Å². The van der Waals surface area contributed by atoms with Crippen LogP contribution in [0.3, 0.4) is 0 Å². The molecule has 1 aromatic rings. The number of rotatable bonds is 3. The van der Waals surface area contributed by atoms with Crippen LogP contribution in [0, 0.1) is 0 Å². The molecular weight excluding hydrogens is 204 g/mol. The second-order valence-electron chi connectivity index (χ2n) is 2.21. The molecule has 0 saturated carbocycles. The predicted molar refractivity (Wildman–Crippen MR) is 38.8 cm³/mol. The summed E-state index contributed by atoms with van der Waals surface area (Å²) in [4.78, 5) is 22.7. The number of carboxylic acid groups (broad SMARTS) is 1. The molecule has 1 unspecified atom stereocenters. The van der Waals surface area contributed by atoms with Crippen molar-refractivity contribution in [3.63, 3.8) is 0 Å². The van der Waals surface area contributed by atoms with Crippen LogP contribution in [0.25, 0.3) is 0 Å². The maximum Gasteiger partial charge on any atom is 1.00 e. The first-order chi connectivity index (χ1) is 5.65. The molecule has 13 heavy (non-hydrogen) atoms. The molecule has 66 valence electrons. The molecule has 1 heterocycles. The Kier molecular flexibility index (Phi) is 5.66. The molecule has 0 aliphatic carbocycles. The van der Waals surface area contributed by atoms with E-state index in [2.05, 4.69) is 4.98 Å². The smallest absolute Gasteiger partial charge is 1.00 e. The zero-order valence-electron chi connectivity index (χ0n) is 7.95. The number of alkyl halides is 1. The van der Waals surface area contributed by atoms with Gasteiger partial charge in [-0.25, -0.2) is 9.18 Å². The molecule has 0 fully saturated rings. The Morgan fingerprint density at radius 3 is 2.77 bits per heavy atom. The molecule has 1 atom stereocenters. The number of carbonyl (C=O) groups is 2. The standard InChI is InChI=1S/C7H6FNO3.K.H/c8-6(7(11)12)4-1-5(3-10)9-2-4;;/h1-3,6,9H,(H,11,12);;/q;+1;-1. The minimum atomic E-state index is -2.07. The molecule has 0 aliphatic rings. The van der Waals surface area contributed by atoms with Crippen molar-refractivity contribution in [1.29, 1.82) is 0 Å². The predicted octanol–water partition coefficient (Wildman–Crippen LogP) is -1.96. The number of aldehydes is 1. The van der Waals surface area contributed by atoms with Gasteiger partial charge in [0.1, 0.15) is 0 Å². The van der Waals surface area contributed by atoms with Crippen molar-refractivity contribution >= 4 is 12.3 Å².